The van der Waals surface area contributed by atoms with E-state index in [4.69, 9.17) is 4.42 Å². The minimum absolute atomic E-state index is 0.0332. The van der Waals surface area contributed by atoms with Gasteiger partial charge in [-0.1, -0.05) is 148 Å². The lowest BCUT2D eigenvalue weighted by Crippen LogP contribution is -2.15. The van der Waals surface area contributed by atoms with Crippen molar-refractivity contribution in [3.05, 3.63) is 188 Å². The van der Waals surface area contributed by atoms with Gasteiger partial charge in [0, 0.05) is 59.4 Å². The summed E-state index contributed by atoms with van der Waals surface area (Å²) in [6.45, 7) is 6.88. The summed E-state index contributed by atoms with van der Waals surface area (Å²) in [5.41, 5.74) is 11.1. The Hall–Kier alpha value is -6.68. The van der Waals surface area contributed by atoms with E-state index in [0.29, 0.717) is 0 Å². The molecule has 2 aromatic heterocycles. The van der Waals surface area contributed by atoms with Gasteiger partial charge in [0.05, 0.1) is 11.4 Å². The first-order chi connectivity index (χ1) is 27.9. The maximum atomic E-state index is 6.75. The molecule has 0 N–H and O–H groups in total. The third-order valence-electron chi connectivity index (χ3n) is 11.6. The standard InChI is InChI=1S/C54H39NOS/c1-54(2,3)38-25-29-47(45(32-38)34-14-5-4-6-15-34)55(39-26-27-41-46-30-36-17-7-8-18-37(36)31-49(46)56-50(41)33-39)48-28-24-35-16-9-10-19-40(35)52(48)44-22-13-21-43-42-20-11-12-23-51(42)57-53(43)44/h4-33H,1-3H3. The molecule has 11 aromatic rings. The predicted octanol–water partition coefficient (Wildman–Crippen LogP) is 16.4. The van der Waals surface area contributed by atoms with Crippen LogP contribution >= 0.6 is 11.3 Å². The van der Waals surface area contributed by atoms with Crippen molar-refractivity contribution in [3.63, 3.8) is 0 Å². The van der Waals surface area contributed by atoms with Gasteiger partial charge in [-0.05, 0) is 86.6 Å². The summed E-state index contributed by atoms with van der Waals surface area (Å²) < 4.78 is 9.34. The highest BCUT2D eigenvalue weighted by Crippen LogP contribution is 2.51. The molecule has 0 aliphatic heterocycles. The van der Waals surface area contributed by atoms with Crippen LogP contribution in [0.15, 0.2) is 186 Å². The Morgan fingerprint density at radius 1 is 0.456 bits per heavy atom. The van der Waals surface area contributed by atoms with Crippen molar-refractivity contribution < 1.29 is 4.42 Å². The summed E-state index contributed by atoms with van der Waals surface area (Å²) in [7, 11) is 0. The van der Waals surface area contributed by atoms with Crippen molar-refractivity contribution >= 4 is 92.1 Å². The first-order valence-electron chi connectivity index (χ1n) is 19.7. The highest BCUT2D eigenvalue weighted by molar-refractivity contribution is 7.26. The Morgan fingerprint density at radius 2 is 1.14 bits per heavy atom. The van der Waals surface area contributed by atoms with Gasteiger partial charge < -0.3 is 9.32 Å². The number of benzene rings is 9. The molecule has 0 saturated heterocycles. The van der Waals surface area contributed by atoms with Crippen LogP contribution in [0.25, 0.3) is 85.9 Å². The second-order valence-electron chi connectivity index (χ2n) is 16.1. The normalized spacial score (nSPS) is 12.1. The van der Waals surface area contributed by atoms with Crippen molar-refractivity contribution in [2.45, 2.75) is 26.2 Å². The van der Waals surface area contributed by atoms with Crippen LogP contribution in [0.3, 0.4) is 0 Å². The van der Waals surface area contributed by atoms with Crippen LogP contribution in [0.4, 0.5) is 17.1 Å². The number of fused-ring (bicyclic) bond motifs is 8. The molecule has 9 aromatic carbocycles. The molecule has 0 spiro atoms. The van der Waals surface area contributed by atoms with Gasteiger partial charge >= 0.3 is 0 Å². The molecule has 0 fully saturated rings. The van der Waals surface area contributed by atoms with Gasteiger partial charge in [0.15, 0.2) is 0 Å². The number of nitrogens with zero attached hydrogens (tertiary/aromatic N) is 1. The molecule has 0 unspecified atom stereocenters. The van der Waals surface area contributed by atoms with E-state index in [2.05, 4.69) is 208 Å². The maximum absolute atomic E-state index is 6.75. The molecule has 0 bridgehead atoms. The Morgan fingerprint density at radius 3 is 1.96 bits per heavy atom. The Kier molecular flexibility index (Phi) is 7.64. The molecule has 57 heavy (non-hydrogen) atoms. The predicted molar refractivity (Wildman–Crippen MR) is 246 cm³/mol. The zero-order chi connectivity index (χ0) is 38.3. The molecule has 0 amide bonds. The van der Waals surface area contributed by atoms with Crippen molar-refractivity contribution in [2.24, 2.45) is 0 Å². The van der Waals surface area contributed by atoms with Gasteiger partial charge in [0.1, 0.15) is 11.2 Å². The lowest BCUT2D eigenvalue weighted by atomic mass is 9.84. The van der Waals surface area contributed by atoms with Crippen LogP contribution < -0.4 is 4.90 Å². The summed E-state index contributed by atoms with van der Waals surface area (Å²) in [5, 5.41) is 9.63. The minimum Gasteiger partial charge on any atom is -0.456 e. The molecular formula is C54H39NOS. The van der Waals surface area contributed by atoms with Crippen LogP contribution in [-0.2, 0) is 5.41 Å². The molecule has 0 radical (unpaired) electrons. The minimum atomic E-state index is -0.0332. The number of thiophene rings is 1. The first-order valence-corrected chi connectivity index (χ1v) is 20.5. The lowest BCUT2D eigenvalue weighted by molar-refractivity contribution is 0.590. The Balaban J connectivity index is 1.25. The van der Waals surface area contributed by atoms with Gasteiger partial charge in [-0.25, -0.2) is 0 Å². The average molecular weight is 750 g/mol. The number of furan rings is 1. The third-order valence-corrected chi connectivity index (χ3v) is 12.8. The SMILES string of the molecule is CC(C)(C)c1ccc(N(c2ccc3c(c2)oc2cc4ccccc4cc23)c2ccc3ccccc3c2-c2cccc3c2sc2ccccc23)c(-c2ccccc2)c1. The maximum Gasteiger partial charge on any atom is 0.137 e. The molecule has 0 aliphatic carbocycles. The Labute approximate surface area is 335 Å². The van der Waals surface area contributed by atoms with E-state index in [0.717, 1.165) is 39.0 Å². The lowest BCUT2D eigenvalue weighted by Gasteiger charge is -2.32. The second kappa shape index (κ2) is 12.9. The first kappa shape index (κ1) is 33.6. The number of hydrogen-bond donors (Lipinski definition) is 0. The summed E-state index contributed by atoms with van der Waals surface area (Å²) in [4.78, 5) is 2.48. The van der Waals surface area contributed by atoms with Gasteiger partial charge in [0.2, 0.25) is 0 Å². The summed E-state index contributed by atoms with van der Waals surface area (Å²) in [6.07, 6.45) is 0. The molecule has 2 heterocycles. The fourth-order valence-corrected chi connectivity index (χ4v) is 9.94. The summed E-state index contributed by atoms with van der Waals surface area (Å²) >= 11 is 1.88. The van der Waals surface area contributed by atoms with Crippen molar-refractivity contribution in [1.82, 2.24) is 0 Å². The van der Waals surface area contributed by atoms with Gasteiger partial charge in [0.25, 0.3) is 0 Å². The van der Waals surface area contributed by atoms with Crippen LogP contribution in [0.2, 0.25) is 0 Å². The number of rotatable bonds is 5. The van der Waals surface area contributed by atoms with E-state index in [1.807, 2.05) is 11.3 Å². The fraction of sp³-hybridized carbons (Fsp3) is 0.0741. The number of anilines is 3. The second-order valence-corrected chi connectivity index (χ2v) is 17.2. The number of hydrogen-bond acceptors (Lipinski definition) is 3. The molecule has 0 aliphatic rings. The smallest absolute Gasteiger partial charge is 0.137 e. The summed E-state index contributed by atoms with van der Waals surface area (Å²) in [6, 6.07) is 66.6. The van der Waals surface area contributed by atoms with Crippen molar-refractivity contribution in [2.75, 3.05) is 4.90 Å². The molecule has 3 heteroatoms. The zero-order valence-corrected chi connectivity index (χ0v) is 32.9. The molecular weight excluding hydrogens is 711 g/mol. The summed E-state index contributed by atoms with van der Waals surface area (Å²) in [5.74, 6) is 0. The highest BCUT2D eigenvalue weighted by Gasteiger charge is 2.26. The average Bonchev–Trinajstić information content (AvgIpc) is 3.80. The van der Waals surface area contributed by atoms with E-state index in [-0.39, 0.29) is 5.41 Å². The molecule has 0 atom stereocenters. The van der Waals surface area contributed by atoms with E-state index in [1.54, 1.807) is 0 Å². The van der Waals surface area contributed by atoms with Gasteiger partial charge in [-0.2, -0.15) is 0 Å². The van der Waals surface area contributed by atoms with E-state index in [1.165, 1.54) is 69.5 Å². The molecule has 2 nitrogen and oxygen atoms in total. The van der Waals surface area contributed by atoms with E-state index in [9.17, 15) is 0 Å². The largest absolute Gasteiger partial charge is 0.456 e. The van der Waals surface area contributed by atoms with Crippen molar-refractivity contribution in [1.29, 1.82) is 0 Å². The molecule has 11 rings (SSSR count). The topological polar surface area (TPSA) is 16.4 Å². The van der Waals surface area contributed by atoms with Crippen molar-refractivity contribution in [3.8, 4) is 22.3 Å². The highest BCUT2D eigenvalue weighted by atomic mass is 32.1. The fourth-order valence-electron chi connectivity index (χ4n) is 8.72. The van der Waals surface area contributed by atoms with Gasteiger partial charge in [-0.3, -0.25) is 0 Å². The monoisotopic (exact) mass is 749 g/mol. The van der Waals surface area contributed by atoms with Crippen LogP contribution in [0.5, 0.6) is 0 Å². The van der Waals surface area contributed by atoms with E-state index < -0.39 is 0 Å². The van der Waals surface area contributed by atoms with Gasteiger partial charge in [-0.15, -0.1) is 11.3 Å². The quantitative estimate of drug-likeness (QED) is 0.174. The van der Waals surface area contributed by atoms with Crippen LogP contribution in [0, 0.1) is 0 Å². The van der Waals surface area contributed by atoms with Crippen LogP contribution in [0.1, 0.15) is 26.3 Å². The zero-order valence-electron chi connectivity index (χ0n) is 32.1. The molecule has 272 valence electrons. The molecule has 0 saturated carbocycles. The van der Waals surface area contributed by atoms with Crippen LogP contribution in [-0.4, -0.2) is 0 Å². The van der Waals surface area contributed by atoms with E-state index >= 15 is 0 Å². The Bertz CT molecular complexity index is 3340. The third kappa shape index (κ3) is 5.53.